The molecule has 1 unspecified atom stereocenters. The van der Waals surface area contributed by atoms with Crippen molar-refractivity contribution in [3.8, 4) is 0 Å². The fourth-order valence-electron chi connectivity index (χ4n) is 2.64. The van der Waals surface area contributed by atoms with E-state index in [4.69, 9.17) is 0 Å². The summed E-state index contributed by atoms with van der Waals surface area (Å²) in [4.78, 5) is 23.5. The molecule has 0 aromatic heterocycles. The van der Waals surface area contributed by atoms with E-state index in [1.165, 1.54) is 6.07 Å². The van der Waals surface area contributed by atoms with E-state index in [-0.39, 0.29) is 11.3 Å². The number of nitro benzene ring substituents is 1. The van der Waals surface area contributed by atoms with Crippen molar-refractivity contribution in [3.63, 3.8) is 0 Å². The van der Waals surface area contributed by atoms with Crippen molar-refractivity contribution in [1.82, 2.24) is 0 Å². The van der Waals surface area contributed by atoms with Gasteiger partial charge in [0.05, 0.1) is 16.2 Å². The molecule has 19 heavy (non-hydrogen) atoms. The minimum Gasteiger partial charge on any atom is -0.478 e. The Hall–Kier alpha value is -2.11. The summed E-state index contributed by atoms with van der Waals surface area (Å²) in [5.41, 5.74) is 0.408. The lowest BCUT2D eigenvalue weighted by molar-refractivity contribution is -0.384. The summed E-state index contributed by atoms with van der Waals surface area (Å²) >= 11 is 0. The number of hydrogen-bond donors (Lipinski definition) is 1. The van der Waals surface area contributed by atoms with Crippen molar-refractivity contribution in [2.75, 3.05) is 11.4 Å². The molecular weight excluding hydrogens is 248 g/mol. The highest BCUT2D eigenvalue weighted by Gasteiger charge is 2.27. The van der Waals surface area contributed by atoms with E-state index < -0.39 is 10.9 Å². The maximum absolute atomic E-state index is 11.3. The molecule has 0 saturated carbocycles. The summed E-state index contributed by atoms with van der Waals surface area (Å²) < 4.78 is 0. The second-order valence-electron chi connectivity index (χ2n) is 4.66. The lowest BCUT2D eigenvalue weighted by Crippen LogP contribution is -2.30. The number of nitro groups is 1. The molecular formula is C13H16N2O4. The third-order valence-corrected chi connectivity index (χ3v) is 3.58. The van der Waals surface area contributed by atoms with E-state index >= 15 is 0 Å². The van der Waals surface area contributed by atoms with Crippen LogP contribution in [-0.4, -0.2) is 28.6 Å². The van der Waals surface area contributed by atoms with Crippen LogP contribution in [0.25, 0.3) is 0 Å². The predicted molar refractivity (Wildman–Crippen MR) is 70.7 cm³/mol. The monoisotopic (exact) mass is 264 g/mol. The number of carbonyl (C=O) groups is 1. The molecule has 0 aliphatic carbocycles. The SMILES string of the molecule is CCC1CCCN1c1ccc([N+](=O)[O-])cc1C(=O)O. The molecule has 2 rings (SSSR count). The zero-order chi connectivity index (χ0) is 14.0. The first-order valence-electron chi connectivity index (χ1n) is 6.33. The summed E-state index contributed by atoms with van der Waals surface area (Å²) in [7, 11) is 0. The van der Waals surface area contributed by atoms with Gasteiger partial charge in [-0.25, -0.2) is 4.79 Å². The number of rotatable bonds is 4. The highest BCUT2D eigenvalue weighted by molar-refractivity contribution is 5.95. The Morgan fingerprint density at radius 1 is 1.58 bits per heavy atom. The Kier molecular flexibility index (Phi) is 3.69. The van der Waals surface area contributed by atoms with Crippen molar-refractivity contribution < 1.29 is 14.8 Å². The standard InChI is InChI=1S/C13H16N2O4/c1-2-9-4-3-7-14(9)12-6-5-10(15(18)19)8-11(12)13(16)17/h5-6,8-9H,2-4,7H2,1H3,(H,16,17). The number of benzene rings is 1. The summed E-state index contributed by atoms with van der Waals surface area (Å²) in [6.45, 7) is 2.87. The third-order valence-electron chi connectivity index (χ3n) is 3.58. The Labute approximate surface area is 110 Å². The zero-order valence-corrected chi connectivity index (χ0v) is 10.7. The van der Waals surface area contributed by atoms with E-state index in [0.717, 1.165) is 31.9 Å². The number of non-ortho nitro benzene ring substituents is 1. The maximum atomic E-state index is 11.3. The molecule has 1 aliphatic heterocycles. The van der Waals surface area contributed by atoms with Crippen molar-refractivity contribution >= 4 is 17.3 Å². The number of nitrogens with zero attached hydrogens (tertiary/aromatic N) is 2. The van der Waals surface area contributed by atoms with E-state index in [2.05, 4.69) is 6.92 Å². The van der Waals surface area contributed by atoms with Crippen molar-refractivity contribution in [2.24, 2.45) is 0 Å². The number of carboxylic acid groups (broad SMARTS) is 1. The van der Waals surface area contributed by atoms with Gasteiger partial charge in [0.25, 0.3) is 5.69 Å². The highest BCUT2D eigenvalue weighted by atomic mass is 16.6. The van der Waals surface area contributed by atoms with Gasteiger partial charge in [-0.2, -0.15) is 0 Å². The minimum absolute atomic E-state index is 0.00884. The fraction of sp³-hybridized carbons (Fsp3) is 0.462. The first-order chi connectivity index (χ1) is 9.04. The van der Waals surface area contributed by atoms with E-state index in [0.29, 0.717) is 11.7 Å². The van der Waals surface area contributed by atoms with Crippen LogP contribution in [0, 0.1) is 10.1 Å². The van der Waals surface area contributed by atoms with Crippen LogP contribution in [-0.2, 0) is 0 Å². The van der Waals surface area contributed by atoms with E-state index in [1.807, 2.05) is 4.90 Å². The van der Waals surface area contributed by atoms with Gasteiger partial charge < -0.3 is 10.0 Å². The summed E-state index contributed by atoms with van der Waals surface area (Å²) in [5.74, 6) is -1.12. The van der Waals surface area contributed by atoms with Crippen LogP contribution in [0.3, 0.4) is 0 Å². The molecule has 1 N–H and O–H groups in total. The van der Waals surface area contributed by atoms with Gasteiger partial charge in [-0.1, -0.05) is 6.92 Å². The molecule has 0 bridgehead atoms. The average Bonchev–Trinajstić information content (AvgIpc) is 2.85. The molecule has 1 aliphatic rings. The van der Waals surface area contributed by atoms with Crippen LogP contribution in [0.15, 0.2) is 18.2 Å². The lowest BCUT2D eigenvalue weighted by atomic mass is 10.1. The van der Waals surface area contributed by atoms with E-state index in [9.17, 15) is 20.0 Å². The van der Waals surface area contributed by atoms with Gasteiger partial charge in [0.2, 0.25) is 0 Å². The first-order valence-corrected chi connectivity index (χ1v) is 6.33. The Balaban J connectivity index is 2.45. The third kappa shape index (κ3) is 2.52. The summed E-state index contributed by atoms with van der Waals surface area (Å²) in [6.07, 6.45) is 3.00. The second-order valence-corrected chi connectivity index (χ2v) is 4.66. The average molecular weight is 264 g/mol. The largest absolute Gasteiger partial charge is 0.478 e. The van der Waals surface area contributed by atoms with Gasteiger partial charge in [-0.3, -0.25) is 10.1 Å². The van der Waals surface area contributed by atoms with Crippen molar-refractivity contribution in [2.45, 2.75) is 32.2 Å². The smallest absolute Gasteiger partial charge is 0.338 e. The molecule has 102 valence electrons. The van der Waals surface area contributed by atoms with Crippen LogP contribution in [0.2, 0.25) is 0 Å². The Morgan fingerprint density at radius 3 is 2.89 bits per heavy atom. The molecule has 0 spiro atoms. The summed E-state index contributed by atoms with van der Waals surface area (Å²) in [5, 5.41) is 20.0. The van der Waals surface area contributed by atoms with Gasteiger partial charge in [-0.05, 0) is 25.3 Å². The van der Waals surface area contributed by atoms with Gasteiger partial charge in [-0.15, -0.1) is 0 Å². The van der Waals surface area contributed by atoms with Crippen molar-refractivity contribution in [1.29, 1.82) is 0 Å². The van der Waals surface area contributed by atoms with Gasteiger partial charge in [0.1, 0.15) is 0 Å². The van der Waals surface area contributed by atoms with E-state index in [1.54, 1.807) is 6.07 Å². The molecule has 1 fully saturated rings. The normalized spacial score (nSPS) is 18.6. The molecule has 0 amide bonds. The zero-order valence-electron chi connectivity index (χ0n) is 10.7. The number of carboxylic acids is 1. The quantitative estimate of drug-likeness (QED) is 0.667. The first kappa shape index (κ1) is 13.3. The molecule has 1 atom stereocenters. The maximum Gasteiger partial charge on any atom is 0.338 e. The van der Waals surface area contributed by atoms with Crippen LogP contribution in [0.4, 0.5) is 11.4 Å². The number of aromatic carboxylic acids is 1. The highest BCUT2D eigenvalue weighted by Crippen LogP contribution is 2.32. The minimum atomic E-state index is -1.12. The molecule has 1 aromatic rings. The second kappa shape index (κ2) is 5.26. The van der Waals surface area contributed by atoms with Crippen molar-refractivity contribution in [3.05, 3.63) is 33.9 Å². The predicted octanol–water partition coefficient (Wildman–Crippen LogP) is 2.67. The molecule has 1 aromatic carbocycles. The van der Waals surface area contributed by atoms with Gasteiger partial charge >= 0.3 is 5.97 Å². The van der Waals surface area contributed by atoms with Crippen LogP contribution in [0.1, 0.15) is 36.5 Å². The lowest BCUT2D eigenvalue weighted by Gasteiger charge is -2.27. The summed E-state index contributed by atoms with van der Waals surface area (Å²) in [6, 6.07) is 4.38. The number of hydrogen-bond acceptors (Lipinski definition) is 4. The fourth-order valence-corrected chi connectivity index (χ4v) is 2.64. The number of anilines is 1. The Bertz CT molecular complexity index is 515. The van der Waals surface area contributed by atoms with Gasteiger partial charge in [0, 0.05) is 24.7 Å². The molecule has 6 heteroatoms. The van der Waals surface area contributed by atoms with Gasteiger partial charge in [0.15, 0.2) is 0 Å². The van der Waals surface area contributed by atoms with Crippen LogP contribution < -0.4 is 4.90 Å². The van der Waals surface area contributed by atoms with Crippen LogP contribution in [0.5, 0.6) is 0 Å². The molecule has 1 saturated heterocycles. The van der Waals surface area contributed by atoms with Crippen LogP contribution >= 0.6 is 0 Å². The molecule has 0 radical (unpaired) electrons. The molecule has 1 heterocycles. The topological polar surface area (TPSA) is 83.7 Å². The molecule has 6 nitrogen and oxygen atoms in total. The Morgan fingerprint density at radius 2 is 2.32 bits per heavy atom.